The molecule has 0 fully saturated rings. The Kier molecular flexibility index (Phi) is 4.20. The Morgan fingerprint density at radius 1 is 1.39 bits per heavy atom. The molecular weight excluding hydrogens is 244 g/mol. The largest absolute Gasteiger partial charge is 0.491 e. The molecule has 0 atom stereocenters. The highest BCUT2D eigenvalue weighted by Gasteiger charge is 2.06. The van der Waals surface area contributed by atoms with Crippen LogP contribution in [0.2, 0.25) is 0 Å². The Morgan fingerprint density at radius 2 is 2.22 bits per heavy atom. The van der Waals surface area contributed by atoms with Crippen molar-refractivity contribution in [3.05, 3.63) is 29.3 Å². The minimum absolute atomic E-state index is 0.677. The van der Waals surface area contributed by atoms with Crippen LogP contribution in [0.25, 0.3) is 10.6 Å². The highest BCUT2D eigenvalue weighted by Crippen LogP contribution is 2.30. The van der Waals surface area contributed by atoms with E-state index in [1.165, 1.54) is 0 Å². The van der Waals surface area contributed by atoms with E-state index in [-0.39, 0.29) is 0 Å². The Morgan fingerprint density at radius 3 is 2.83 bits per heavy atom. The number of nitrogen functional groups attached to an aromatic ring is 1. The molecule has 1 aromatic heterocycles. The van der Waals surface area contributed by atoms with Gasteiger partial charge >= 0.3 is 0 Å². The lowest BCUT2D eigenvalue weighted by Gasteiger charge is -2.09. The summed E-state index contributed by atoms with van der Waals surface area (Å²) < 4.78 is 5.63. The number of anilines is 1. The van der Waals surface area contributed by atoms with Gasteiger partial charge in [-0.3, -0.25) is 0 Å². The predicted octanol–water partition coefficient (Wildman–Crippen LogP) is 3.88. The summed E-state index contributed by atoms with van der Waals surface area (Å²) in [4.78, 5) is 4.45. The summed E-state index contributed by atoms with van der Waals surface area (Å²) in [5.41, 5.74) is 8.77. The fourth-order valence-electron chi connectivity index (χ4n) is 1.63. The van der Waals surface area contributed by atoms with E-state index in [9.17, 15) is 0 Å². The second-order valence-electron chi connectivity index (χ2n) is 4.25. The second-order valence-corrected chi connectivity index (χ2v) is 5.11. The molecule has 0 unspecified atom stereocenters. The van der Waals surface area contributed by atoms with Crippen molar-refractivity contribution in [2.75, 3.05) is 12.3 Å². The van der Waals surface area contributed by atoms with E-state index in [1.807, 2.05) is 30.5 Å². The first kappa shape index (κ1) is 12.9. The number of hydrogen-bond acceptors (Lipinski definition) is 4. The van der Waals surface area contributed by atoms with Crippen LogP contribution in [0.1, 0.15) is 25.5 Å². The molecule has 0 aliphatic carbocycles. The van der Waals surface area contributed by atoms with Crippen LogP contribution in [0.15, 0.2) is 23.6 Å². The molecule has 0 saturated carbocycles. The van der Waals surface area contributed by atoms with Crippen LogP contribution in [0.5, 0.6) is 5.75 Å². The van der Waals surface area contributed by atoms with Gasteiger partial charge in [0.05, 0.1) is 12.3 Å². The molecule has 0 radical (unpaired) electrons. The maximum atomic E-state index is 6.00. The van der Waals surface area contributed by atoms with Gasteiger partial charge in [0.25, 0.3) is 0 Å². The van der Waals surface area contributed by atoms with Crippen LogP contribution < -0.4 is 10.5 Å². The number of aryl methyl sites for hydroxylation is 1. The third-order valence-electron chi connectivity index (χ3n) is 2.63. The Hall–Kier alpha value is -1.55. The zero-order valence-corrected chi connectivity index (χ0v) is 11.6. The third kappa shape index (κ3) is 3.01. The molecule has 96 valence electrons. The van der Waals surface area contributed by atoms with Crippen LogP contribution in [0.3, 0.4) is 0 Å². The number of ether oxygens (including phenoxy) is 1. The standard InChI is InChI=1S/C14H18N2OS/c1-3-4-7-17-13-6-5-11(8-12(13)15)14-16-10(2)9-18-14/h5-6,8-9H,3-4,7,15H2,1-2H3. The van der Waals surface area contributed by atoms with Gasteiger partial charge in [0.1, 0.15) is 10.8 Å². The number of nitrogens with two attached hydrogens (primary N) is 1. The second kappa shape index (κ2) is 5.87. The summed E-state index contributed by atoms with van der Waals surface area (Å²) in [6.07, 6.45) is 2.17. The van der Waals surface area contributed by atoms with Crippen LogP contribution in [0.4, 0.5) is 5.69 Å². The molecule has 0 spiro atoms. The number of aromatic nitrogens is 1. The van der Waals surface area contributed by atoms with E-state index >= 15 is 0 Å². The molecular formula is C14H18N2OS. The molecule has 2 N–H and O–H groups in total. The Bertz CT molecular complexity index is 522. The molecule has 1 heterocycles. The van der Waals surface area contributed by atoms with Crippen molar-refractivity contribution in [3.8, 4) is 16.3 Å². The minimum atomic E-state index is 0.677. The fourth-order valence-corrected chi connectivity index (χ4v) is 2.42. The molecule has 0 bridgehead atoms. The number of rotatable bonds is 5. The van der Waals surface area contributed by atoms with Gasteiger partial charge in [-0.1, -0.05) is 13.3 Å². The number of nitrogens with zero attached hydrogens (tertiary/aromatic N) is 1. The van der Waals surface area contributed by atoms with Crippen molar-refractivity contribution in [2.45, 2.75) is 26.7 Å². The van der Waals surface area contributed by atoms with Crippen molar-refractivity contribution in [2.24, 2.45) is 0 Å². The minimum Gasteiger partial charge on any atom is -0.491 e. The molecule has 4 heteroatoms. The summed E-state index contributed by atoms with van der Waals surface area (Å²) >= 11 is 1.63. The van der Waals surface area contributed by atoms with E-state index in [4.69, 9.17) is 10.5 Å². The number of thiazole rings is 1. The Labute approximate surface area is 112 Å². The summed E-state index contributed by atoms with van der Waals surface area (Å²) in [6.45, 7) is 4.85. The highest BCUT2D eigenvalue weighted by atomic mass is 32.1. The van der Waals surface area contributed by atoms with Crippen molar-refractivity contribution >= 4 is 17.0 Å². The number of hydrogen-bond donors (Lipinski definition) is 1. The maximum Gasteiger partial charge on any atom is 0.142 e. The average Bonchev–Trinajstić information content (AvgIpc) is 2.78. The summed E-state index contributed by atoms with van der Waals surface area (Å²) in [5, 5.41) is 3.04. The SMILES string of the molecule is CCCCOc1ccc(-c2nc(C)cs2)cc1N. The van der Waals surface area contributed by atoms with Crippen molar-refractivity contribution < 1.29 is 4.74 Å². The van der Waals surface area contributed by atoms with E-state index < -0.39 is 0 Å². The summed E-state index contributed by atoms with van der Waals surface area (Å²) in [7, 11) is 0. The monoisotopic (exact) mass is 262 g/mol. The van der Waals surface area contributed by atoms with Crippen LogP contribution in [-0.2, 0) is 0 Å². The molecule has 0 aliphatic rings. The molecule has 18 heavy (non-hydrogen) atoms. The fraction of sp³-hybridized carbons (Fsp3) is 0.357. The smallest absolute Gasteiger partial charge is 0.142 e. The summed E-state index contributed by atoms with van der Waals surface area (Å²) in [5.74, 6) is 0.764. The van der Waals surface area contributed by atoms with Crippen molar-refractivity contribution in [3.63, 3.8) is 0 Å². The first-order chi connectivity index (χ1) is 8.70. The number of unbranched alkanes of at least 4 members (excludes halogenated alkanes) is 1. The van der Waals surface area contributed by atoms with Crippen LogP contribution in [-0.4, -0.2) is 11.6 Å². The van der Waals surface area contributed by atoms with E-state index in [2.05, 4.69) is 11.9 Å². The predicted molar refractivity (Wildman–Crippen MR) is 77.1 cm³/mol. The lowest BCUT2D eigenvalue weighted by molar-refractivity contribution is 0.311. The maximum absolute atomic E-state index is 6.00. The molecule has 2 aromatic rings. The normalized spacial score (nSPS) is 10.6. The molecule has 0 aliphatic heterocycles. The van der Waals surface area contributed by atoms with E-state index in [1.54, 1.807) is 11.3 Å². The van der Waals surface area contributed by atoms with Gasteiger partial charge in [0.15, 0.2) is 0 Å². The van der Waals surface area contributed by atoms with Gasteiger partial charge in [-0.25, -0.2) is 4.98 Å². The molecule has 3 nitrogen and oxygen atoms in total. The highest BCUT2D eigenvalue weighted by molar-refractivity contribution is 7.13. The zero-order chi connectivity index (χ0) is 13.0. The molecule has 1 aromatic carbocycles. The lowest BCUT2D eigenvalue weighted by atomic mass is 10.2. The van der Waals surface area contributed by atoms with Gasteiger partial charge in [0, 0.05) is 16.6 Å². The van der Waals surface area contributed by atoms with Gasteiger partial charge < -0.3 is 10.5 Å². The first-order valence-corrected chi connectivity index (χ1v) is 7.03. The zero-order valence-electron chi connectivity index (χ0n) is 10.8. The topological polar surface area (TPSA) is 48.1 Å². The van der Waals surface area contributed by atoms with Crippen LogP contribution in [0, 0.1) is 6.92 Å². The Balaban J connectivity index is 2.14. The quantitative estimate of drug-likeness (QED) is 0.657. The number of benzene rings is 1. The third-order valence-corrected chi connectivity index (χ3v) is 3.64. The van der Waals surface area contributed by atoms with E-state index in [0.29, 0.717) is 5.69 Å². The molecule has 2 rings (SSSR count). The lowest BCUT2D eigenvalue weighted by Crippen LogP contribution is -1.99. The van der Waals surface area contributed by atoms with Crippen molar-refractivity contribution in [1.29, 1.82) is 0 Å². The van der Waals surface area contributed by atoms with Crippen LogP contribution >= 0.6 is 11.3 Å². The van der Waals surface area contributed by atoms with Gasteiger partial charge in [-0.05, 0) is 31.5 Å². The first-order valence-electron chi connectivity index (χ1n) is 6.15. The van der Waals surface area contributed by atoms with E-state index in [0.717, 1.165) is 41.5 Å². The van der Waals surface area contributed by atoms with Gasteiger partial charge in [0.2, 0.25) is 0 Å². The van der Waals surface area contributed by atoms with Crippen molar-refractivity contribution in [1.82, 2.24) is 4.98 Å². The van der Waals surface area contributed by atoms with Gasteiger partial charge in [-0.15, -0.1) is 11.3 Å². The van der Waals surface area contributed by atoms with Gasteiger partial charge in [-0.2, -0.15) is 0 Å². The average molecular weight is 262 g/mol. The summed E-state index contributed by atoms with van der Waals surface area (Å²) in [6, 6.07) is 5.87. The molecule has 0 saturated heterocycles. The molecule has 0 amide bonds.